The summed E-state index contributed by atoms with van der Waals surface area (Å²) in [5.74, 6) is 1.01. The highest BCUT2D eigenvalue weighted by Crippen LogP contribution is 2.29. The number of anilines is 1. The quantitative estimate of drug-likeness (QED) is 0.676. The maximum absolute atomic E-state index is 12.6. The van der Waals surface area contributed by atoms with E-state index in [0.29, 0.717) is 12.8 Å². The maximum atomic E-state index is 12.6. The normalized spacial score (nSPS) is 12.9. The van der Waals surface area contributed by atoms with Gasteiger partial charge in [0.2, 0.25) is 5.91 Å². The molecule has 1 aliphatic heterocycles. The molecule has 0 aliphatic carbocycles. The van der Waals surface area contributed by atoms with Crippen molar-refractivity contribution in [1.82, 2.24) is 4.98 Å². The van der Waals surface area contributed by atoms with Crippen LogP contribution < -0.4 is 9.64 Å². The molecule has 132 valence electrons. The molecule has 0 N–H and O–H groups in total. The van der Waals surface area contributed by atoms with Crippen molar-refractivity contribution in [2.45, 2.75) is 19.3 Å². The van der Waals surface area contributed by atoms with Crippen molar-refractivity contribution in [2.75, 3.05) is 18.6 Å². The van der Waals surface area contributed by atoms with Crippen LogP contribution in [0.3, 0.4) is 0 Å². The second-order valence-electron chi connectivity index (χ2n) is 6.28. The highest BCUT2D eigenvalue weighted by Gasteiger charge is 2.23. The molecule has 0 saturated heterocycles. The van der Waals surface area contributed by atoms with Crippen LogP contribution in [0.1, 0.15) is 17.0 Å². The zero-order chi connectivity index (χ0) is 17.9. The van der Waals surface area contributed by atoms with Crippen LogP contribution in [-0.2, 0) is 17.6 Å². The summed E-state index contributed by atoms with van der Waals surface area (Å²) in [6, 6.07) is 16.0. The van der Waals surface area contributed by atoms with E-state index in [2.05, 4.69) is 11.1 Å². The van der Waals surface area contributed by atoms with Crippen molar-refractivity contribution in [1.29, 1.82) is 0 Å². The highest BCUT2D eigenvalue weighted by atomic mass is 32.1. The predicted octanol–water partition coefficient (Wildman–Crippen LogP) is 4.34. The van der Waals surface area contributed by atoms with Crippen molar-refractivity contribution in [3.8, 4) is 17.0 Å². The molecule has 0 atom stereocenters. The first-order valence-electron chi connectivity index (χ1n) is 8.72. The molecule has 0 saturated carbocycles. The fraction of sp³-hybridized carbons (Fsp3) is 0.238. The van der Waals surface area contributed by atoms with Crippen LogP contribution in [0.5, 0.6) is 5.75 Å². The number of ether oxygens (including phenoxy) is 1. The Morgan fingerprint density at radius 2 is 2.00 bits per heavy atom. The van der Waals surface area contributed by atoms with Gasteiger partial charge in [-0.15, -0.1) is 11.3 Å². The second kappa shape index (κ2) is 7.30. The first kappa shape index (κ1) is 16.8. The lowest BCUT2D eigenvalue weighted by Gasteiger charge is -2.16. The van der Waals surface area contributed by atoms with E-state index >= 15 is 0 Å². The van der Waals surface area contributed by atoms with Gasteiger partial charge in [0.15, 0.2) is 0 Å². The van der Waals surface area contributed by atoms with Crippen molar-refractivity contribution in [2.24, 2.45) is 0 Å². The average Bonchev–Trinajstić information content (AvgIpc) is 3.33. The Morgan fingerprint density at radius 3 is 2.81 bits per heavy atom. The Balaban J connectivity index is 1.39. The minimum absolute atomic E-state index is 0.177. The topological polar surface area (TPSA) is 42.4 Å². The summed E-state index contributed by atoms with van der Waals surface area (Å²) >= 11 is 1.61. The number of aryl methyl sites for hydroxylation is 1. The third-order valence-corrected chi connectivity index (χ3v) is 5.59. The van der Waals surface area contributed by atoms with E-state index in [4.69, 9.17) is 4.74 Å². The molecular formula is C21H20N2O2S. The molecule has 2 aromatic carbocycles. The number of benzene rings is 2. The second-order valence-corrected chi connectivity index (χ2v) is 7.22. The van der Waals surface area contributed by atoms with Crippen molar-refractivity contribution in [3.63, 3.8) is 0 Å². The summed E-state index contributed by atoms with van der Waals surface area (Å²) < 4.78 is 5.19. The molecule has 4 rings (SSSR count). The smallest absolute Gasteiger partial charge is 0.227 e. The number of aromatic nitrogens is 1. The maximum Gasteiger partial charge on any atom is 0.227 e. The van der Waals surface area contributed by atoms with E-state index in [1.165, 1.54) is 5.56 Å². The molecule has 2 heterocycles. The van der Waals surface area contributed by atoms with Crippen LogP contribution in [0.2, 0.25) is 0 Å². The molecule has 4 nitrogen and oxygen atoms in total. The molecular weight excluding hydrogens is 344 g/mol. The summed E-state index contributed by atoms with van der Waals surface area (Å²) in [6.45, 7) is 0.785. The number of amides is 1. The van der Waals surface area contributed by atoms with E-state index < -0.39 is 0 Å². The van der Waals surface area contributed by atoms with Gasteiger partial charge in [0.25, 0.3) is 0 Å². The molecule has 5 heteroatoms. The number of methoxy groups -OCH3 is 1. The van der Waals surface area contributed by atoms with Gasteiger partial charge in [-0.1, -0.05) is 18.2 Å². The SMILES string of the molecule is COc1ccc(-c2csc(CCC(=O)N3CCc4ccccc43)n2)cc1. The number of carbonyl (C=O) groups excluding carboxylic acids is 1. The Labute approximate surface area is 157 Å². The summed E-state index contributed by atoms with van der Waals surface area (Å²) in [6.07, 6.45) is 2.11. The molecule has 0 unspecified atom stereocenters. The zero-order valence-corrected chi connectivity index (χ0v) is 15.5. The molecule has 0 fully saturated rings. The van der Waals surface area contributed by atoms with Gasteiger partial charge in [0.1, 0.15) is 5.75 Å². The van der Waals surface area contributed by atoms with Crippen molar-refractivity contribution in [3.05, 3.63) is 64.5 Å². The number of fused-ring (bicyclic) bond motifs is 1. The van der Waals surface area contributed by atoms with Crippen LogP contribution in [0.4, 0.5) is 5.69 Å². The Morgan fingerprint density at radius 1 is 1.19 bits per heavy atom. The van der Waals surface area contributed by atoms with Gasteiger partial charge in [0.05, 0.1) is 17.8 Å². The number of thiazole rings is 1. The third kappa shape index (κ3) is 3.35. The van der Waals surface area contributed by atoms with Crippen LogP contribution in [0.15, 0.2) is 53.9 Å². The number of nitrogens with zero attached hydrogens (tertiary/aromatic N) is 2. The lowest BCUT2D eigenvalue weighted by atomic mass is 10.1. The number of para-hydroxylation sites is 1. The Hall–Kier alpha value is -2.66. The lowest BCUT2D eigenvalue weighted by Crippen LogP contribution is -2.28. The average molecular weight is 364 g/mol. The molecule has 0 spiro atoms. The van der Waals surface area contributed by atoms with Crippen LogP contribution in [0, 0.1) is 0 Å². The van der Waals surface area contributed by atoms with E-state index in [-0.39, 0.29) is 5.91 Å². The van der Waals surface area contributed by atoms with Gasteiger partial charge in [-0.2, -0.15) is 0 Å². The van der Waals surface area contributed by atoms with Gasteiger partial charge in [0, 0.05) is 36.0 Å². The predicted molar refractivity (Wildman–Crippen MR) is 105 cm³/mol. The van der Waals surface area contributed by atoms with Crippen molar-refractivity contribution >= 4 is 22.9 Å². The van der Waals surface area contributed by atoms with E-state index in [1.807, 2.05) is 52.7 Å². The van der Waals surface area contributed by atoms with Crippen molar-refractivity contribution < 1.29 is 9.53 Å². The van der Waals surface area contributed by atoms with Crippen LogP contribution in [0.25, 0.3) is 11.3 Å². The first-order valence-corrected chi connectivity index (χ1v) is 9.59. The zero-order valence-electron chi connectivity index (χ0n) is 14.6. The monoisotopic (exact) mass is 364 g/mol. The fourth-order valence-electron chi connectivity index (χ4n) is 3.27. The number of carbonyl (C=O) groups is 1. The van der Waals surface area contributed by atoms with E-state index in [9.17, 15) is 4.79 Å². The Kier molecular flexibility index (Phi) is 4.71. The number of hydrogen-bond acceptors (Lipinski definition) is 4. The summed E-state index contributed by atoms with van der Waals surface area (Å²) in [5.41, 5.74) is 4.34. The van der Waals surface area contributed by atoms with Crippen LogP contribution >= 0.6 is 11.3 Å². The largest absolute Gasteiger partial charge is 0.497 e. The molecule has 26 heavy (non-hydrogen) atoms. The molecule has 1 aliphatic rings. The summed E-state index contributed by atoms with van der Waals surface area (Å²) in [7, 11) is 1.66. The minimum atomic E-state index is 0.177. The van der Waals surface area contributed by atoms with Gasteiger partial charge in [-0.05, 0) is 42.3 Å². The number of rotatable bonds is 5. The number of hydrogen-bond donors (Lipinski definition) is 0. The first-order chi connectivity index (χ1) is 12.7. The van der Waals surface area contributed by atoms with Gasteiger partial charge < -0.3 is 9.64 Å². The molecule has 0 bridgehead atoms. The molecule has 3 aromatic rings. The third-order valence-electron chi connectivity index (χ3n) is 4.68. The summed E-state index contributed by atoms with van der Waals surface area (Å²) in [4.78, 5) is 19.2. The lowest BCUT2D eigenvalue weighted by molar-refractivity contribution is -0.118. The van der Waals surface area contributed by atoms with Gasteiger partial charge in [-0.3, -0.25) is 4.79 Å². The standard InChI is InChI=1S/C21H20N2O2S/c1-25-17-8-6-15(7-9-17)18-14-26-20(22-18)10-11-21(24)23-13-12-16-4-2-3-5-19(16)23/h2-9,14H,10-13H2,1H3. The molecule has 1 amide bonds. The van der Waals surface area contributed by atoms with E-state index in [0.717, 1.165) is 40.7 Å². The van der Waals surface area contributed by atoms with Gasteiger partial charge >= 0.3 is 0 Å². The Bertz CT molecular complexity index is 918. The van der Waals surface area contributed by atoms with Gasteiger partial charge in [-0.25, -0.2) is 4.98 Å². The fourth-order valence-corrected chi connectivity index (χ4v) is 4.07. The highest BCUT2D eigenvalue weighted by molar-refractivity contribution is 7.09. The molecule has 1 aromatic heterocycles. The molecule has 0 radical (unpaired) electrons. The van der Waals surface area contributed by atoms with E-state index in [1.54, 1.807) is 18.4 Å². The van der Waals surface area contributed by atoms with Crippen LogP contribution in [-0.4, -0.2) is 24.5 Å². The summed E-state index contributed by atoms with van der Waals surface area (Å²) in [5, 5.41) is 3.05. The minimum Gasteiger partial charge on any atom is -0.497 e.